The van der Waals surface area contributed by atoms with E-state index in [9.17, 15) is 20.3 Å². The highest BCUT2D eigenvalue weighted by molar-refractivity contribution is 6.03. The first-order chi connectivity index (χ1) is 32.8. The monoisotopic (exact) mass is 910 g/mol. The molecule has 2 aliphatic heterocycles. The Hall–Kier alpha value is -6.04. The molecule has 0 spiro atoms. The minimum atomic E-state index is -1.54. The van der Waals surface area contributed by atoms with Gasteiger partial charge in [0.25, 0.3) is 5.91 Å². The number of carbonyl (C=O) groups is 2. The third-order valence-corrected chi connectivity index (χ3v) is 13.7. The molecule has 352 valence electrons. The van der Waals surface area contributed by atoms with E-state index in [1.54, 1.807) is 36.4 Å². The van der Waals surface area contributed by atoms with E-state index in [1.165, 1.54) is 0 Å². The lowest BCUT2D eigenvalue weighted by Gasteiger charge is -2.60. The number of unbranched alkanes of at least 4 members (excludes halogenated alkanes) is 2. The molecule has 13 heteroatoms. The Bertz CT molecular complexity index is 2470. The molecule has 4 aromatic carbocycles. The van der Waals surface area contributed by atoms with Crippen LogP contribution in [0.4, 0.5) is 4.79 Å². The van der Waals surface area contributed by atoms with Crippen molar-refractivity contribution in [2.45, 2.75) is 102 Å². The van der Waals surface area contributed by atoms with Gasteiger partial charge in [-0.1, -0.05) is 72.6 Å². The predicted octanol–water partition coefficient (Wildman–Crippen LogP) is 9.32. The molecule has 0 radical (unpaired) electrons. The predicted molar refractivity (Wildman–Crippen MR) is 254 cm³/mol. The molecule has 2 aliphatic carbocycles. The molecule has 3 N–H and O–H groups in total. The second-order valence-corrected chi connectivity index (χ2v) is 17.9. The number of benzene rings is 4. The van der Waals surface area contributed by atoms with E-state index < -0.39 is 30.1 Å². The third kappa shape index (κ3) is 10.3. The van der Waals surface area contributed by atoms with E-state index in [1.807, 2.05) is 48.2 Å². The van der Waals surface area contributed by atoms with E-state index in [-0.39, 0.29) is 56.4 Å². The van der Waals surface area contributed by atoms with Crippen molar-refractivity contribution in [2.24, 2.45) is 22.9 Å². The molecule has 7 atom stereocenters. The van der Waals surface area contributed by atoms with E-state index in [0.29, 0.717) is 60.8 Å². The van der Waals surface area contributed by atoms with Crippen LogP contribution in [0.3, 0.4) is 0 Å². The first-order valence-electron chi connectivity index (χ1n) is 23.9. The third-order valence-electron chi connectivity index (χ3n) is 13.7. The lowest BCUT2D eigenvalue weighted by atomic mass is 9.55. The van der Waals surface area contributed by atoms with Gasteiger partial charge in [0.2, 0.25) is 12.1 Å². The smallest absolute Gasteiger partial charge is 0.412 e. The number of nitrogens with one attached hydrogen (secondary N) is 1. The zero-order valence-electron chi connectivity index (χ0n) is 38.3. The molecule has 2 heterocycles. The maximum atomic E-state index is 15.6. The topological polar surface area (TPSA) is 172 Å². The molecule has 0 aromatic heterocycles. The van der Waals surface area contributed by atoms with Crippen LogP contribution in [0.25, 0.3) is 10.8 Å². The maximum absolute atomic E-state index is 15.6. The molecular formula is C54H62N4O9. The zero-order chi connectivity index (χ0) is 46.8. The van der Waals surface area contributed by atoms with Gasteiger partial charge in [0.15, 0.2) is 0 Å². The number of nitrogens with zero attached hydrogens (tertiary/aromatic N) is 3. The average molecular weight is 911 g/mol. The van der Waals surface area contributed by atoms with E-state index >= 15 is 4.79 Å². The summed E-state index contributed by atoms with van der Waals surface area (Å²) in [4.78, 5) is 36.7. The number of oxime groups is 1. The molecule has 8 rings (SSSR count). The first kappa shape index (κ1) is 47.5. The fraction of sp³-hybridized carbons (Fsp3) is 0.444. The summed E-state index contributed by atoms with van der Waals surface area (Å²) < 4.78 is 26.6. The summed E-state index contributed by atoms with van der Waals surface area (Å²) in [5.41, 5.74) is 4.09. The Kier molecular flexibility index (Phi) is 15.7. The van der Waals surface area contributed by atoms with Gasteiger partial charge in [-0.15, -0.1) is 6.58 Å². The molecule has 1 saturated heterocycles. The van der Waals surface area contributed by atoms with Crippen molar-refractivity contribution in [2.75, 3.05) is 33.0 Å². The minimum absolute atomic E-state index is 0.00254. The molecular weight excluding hydrogens is 849 g/mol. The summed E-state index contributed by atoms with van der Waals surface area (Å²) in [6, 6.07) is 27.6. The van der Waals surface area contributed by atoms with Crippen molar-refractivity contribution in [1.82, 2.24) is 10.2 Å². The van der Waals surface area contributed by atoms with Crippen LogP contribution in [0.1, 0.15) is 104 Å². The number of hydrogen-bond donors (Lipinski definition) is 3. The molecule has 2 amide bonds. The number of carbonyl (C=O) groups excluding carboxylic acids is 2. The SMILES string of the molecule is C=CCO[C@@]12Oc3ccc(OC(=O)NCC)cc3[C@H]3[C@H](CCCCO)[C@@H](CCCCO)C=C(C(=NOC4CCCCO4)C[C@@H]1N(Cc1cccc4ccccc14)C(=O)c1ccc(C#N)cc1)[C@H]32. The lowest BCUT2D eigenvalue weighted by molar-refractivity contribution is -0.255. The van der Waals surface area contributed by atoms with Crippen molar-refractivity contribution in [1.29, 1.82) is 5.26 Å². The number of allylic oxidation sites excluding steroid dienone is 1. The molecule has 13 nitrogen and oxygen atoms in total. The summed E-state index contributed by atoms with van der Waals surface area (Å²) in [6.07, 6.45) is 9.89. The maximum Gasteiger partial charge on any atom is 0.412 e. The van der Waals surface area contributed by atoms with Gasteiger partial charge in [0.05, 0.1) is 36.5 Å². The lowest BCUT2D eigenvalue weighted by Crippen LogP contribution is -2.70. The van der Waals surface area contributed by atoms with Crippen LogP contribution < -0.4 is 14.8 Å². The molecule has 1 unspecified atom stereocenters. The Morgan fingerprint density at radius 1 is 1.00 bits per heavy atom. The van der Waals surface area contributed by atoms with Crippen LogP contribution in [-0.2, 0) is 20.9 Å². The highest BCUT2D eigenvalue weighted by atomic mass is 16.8. The summed E-state index contributed by atoms with van der Waals surface area (Å²) in [6.45, 7) is 7.24. The summed E-state index contributed by atoms with van der Waals surface area (Å²) in [5, 5.41) is 39.5. The number of hydrogen-bond acceptors (Lipinski definition) is 11. The molecule has 4 aromatic rings. The number of aliphatic hydroxyl groups is 2. The Morgan fingerprint density at radius 3 is 2.54 bits per heavy atom. The molecule has 1 saturated carbocycles. The molecule has 0 bridgehead atoms. The van der Waals surface area contributed by atoms with Gasteiger partial charge < -0.3 is 44.2 Å². The fourth-order valence-corrected chi connectivity index (χ4v) is 10.7. The van der Waals surface area contributed by atoms with E-state index in [0.717, 1.165) is 66.0 Å². The fourth-order valence-electron chi connectivity index (χ4n) is 10.7. The summed E-state index contributed by atoms with van der Waals surface area (Å²) >= 11 is 0. The largest absolute Gasteiger partial charge is 0.459 e. The second-order valence-electron chi connectivity index (χ2n) is 17.9. The van der Waals surface area contributed by atoms with Crippen molar-refractivity contribution in [3.8, 4) is 17.6 Å². The van der Waals surface area contributed by atoms with Crippen LogP contribution >= 0.6 is 0 Å². The Labute approximate surface area is 393 Å². The van der Waals surface area contributed by atoms with Crippen molar-refractivity contribution in [3.63, 3.8) is 0 Å². The van der Waals surface area contributed by atoms with Crippen LogP contribution in [0.15, 0.2) is 114 Å². The van der Waals surface area contributed by atoms with Gasteiger partial charge in [0.1, 0.15) is 17.5 Å². The first-order valence-corrected chi connectivity index (χ1v) is 23.9. The molecule has 4 aliphatic rings. The number of nitriles is 1. The van der Waals surface area contributed by atoms with Gasteiger partial charge in [-0.2, -0.15) is 5.26 Å². The Balaban J connectivity index is 1.38. The molecule has 67 heavy (non-hydrogen) atoms. The van der Waals surface area contributed by atoms with Crippen LogP contribution in [0.2, 0.25) is 0 Å². The van der Waals surface area contributed by atoms with Gasteiger partial charge >= 0.3 is 6.09 Å². The second kappa shape index (κ2) is 22.2. The number of fused-ring (bicyclic) bond motifs is 3. The van der Waals surface area contributed by atoms with Gasteiger partial charge in [-0.05, 0) is 122 Å². The summed E-state index contributed by atoms with van der Waals surface area (Å²) in [7, 11) is 0. The van der Waals surface area contributed by atoms with Gasteiger partial charge in [0, 0.05) is 56.2 Å². The number of ether oxygens (including phenoxy) is 4. The Morgan fingerprint density at radius 2 is 1.79 bits per heavy atom. The number of rotatable bonds is 19. The standard InChI is InChI=1S/C54H62N4O9/c1-3-29-64-54-48(58(52(61)38-23-21-36(34-55)22-24-38)35-40-17-13-16-37-14-5-6-18-42(37)40)33-46(57-67-49-20-9-12-30-63-49)44-31-39(15-7-10-27-59)43(19-8-11-28-60)50(51(44)54)45-32-41(25-26-47(45)66-54)65-53(62)56-4-2/h3,5-6,13-14,16-18,21-26,31-32,39,43,48-51,59-60H,1,4,7-12,15,19-20,27-30,33,35H2,2H3,(H,56,62)/t39-,43+,48-,49?,50+,51+,54+/m0/s1. The highest BCUT2D eigenvalue weighted by Crippen LogP contribution is 2.62. The number of amides is 2. The van der Waals surface area contributed by atoms with Crippen molar-refractivity contribution >= 4 is 28.5 Å². The van der Waals surface area contributed by atoms with Crippen molar-refractivity contribution in [3.05, 3.63) is 131 Å². The number of aliphatic hydroxyl groups excluding tert-OH is 2. The van der Waals surface area contributed by atoms with Gasteiger partial charge in [-0.25, -0.2) is 4.79 Å². The van der Waals surface area contributed by atoms with Gasteiger partial charge in [-0.3, -0.25) is 4.79 Å². The van der Waals surface area contributed by atoms with Crippen LogP contribution in [-0.4, -0.2) is 83.9 Å². The molecule has 2 fully saturated rings. The zero-order valence-corrected chi connectivity index (χ0v) is 38.3. The normalized spacial score (nSPS) is 24.6. The van der Waals surface area contributed by atoms with Crippen molar-refractivity contribution < 1.29 is 43.6 Å². The van der Waals surface area contributed by atoms with Crippen LogP contribution in [0, 0.1) is 29.1 Å². The highest BCUT2D eigenvalue weighted by Gasteiger charge is 2.65. The van der Waals surface area contributed by atoms with E-state index in [2.05, 4.69) is 42.2 Å². The van der Waals surface area contributed by atoms with Crippen LogP contribution in [0.5, 0.6) is 11.5 Å². The minimum Gasteiger partial charge on any atom is -0.459 e. The average Bonchev–Trinajstić information content (AvgIpc) is 3.35. The van der Waals surface area contributed by atoms with E-state index in [4.69, 9.17) is 28.9 Å². The summed E-state index contributed by atoms with van der Waals surface area (Å²) in [5.74, 6) is -1.93. The quantitative estimate of drug-likeness (QED) is 0.0468.